The maximum Gasteiger partial charge on any atom is 0.167 e. The number of nitrogens with zero attached hydrogens (tertiary/aromatic N) is 4. The number of hydrogen-bond acceptors (Lipinski definition) is 5. The van der Waals surface area contributed by atoms with Gasteiger partial charge in [-0.25, -0.2) is 15.0 Å². The minimum absolute atomic E-state index is 0.574. The van der Waals surface area contributed by atoms with Gasteiger partial charge in [0, 0.05) is 44.0 Å². The van der Waals surface area contributed by atoms with Gasteiger partial charge in [-0.1, -0.05) is 31.0 Å². The fraction of sp³-hybridized carbons (Fsp3) is 0.588. The molecule has 1 saturated carbocycles. The van der Waals surface area contributed by atoms with E-state index >= 15 is 0 Å². The van der Waals surface area contributed by atoms with Crippen molar-refractivity contribution in [1.82, 2.24) is 24.8 Å². The molecule has 0 saturated heterocycles. The van der Waals surface area contributed by atoms with E-state index in [1.165, 1.54) is 37.8 Å². The van der Waals surface area contributed by atoms with Crippen LogP contribution in [0, 0.1) is 0 Å². The first-order valence-electron chi connectivity index (χ1n) is 8.34. The molecule has 124 valence electrons. The SMILES string of the molecule is CSc1ncc(CNCc2cnc(C3CCCCC3)nc2)n1C. The highest BCUT2D eigenvalue weighted by Gasteiger charge is 2.17. The molecule has 5 nitrogen and oxygen atoms in total. The summed E-state index contributed by atoms with van der Waals surface area (Å²) in [5.41, 5.74) is 2.32. The predicted octanol–water partition coefficient (Wildman–Crippen LogP) is 3.27. The number of aromatic nitrogens is 4. The zero-order chi connectivity index (χ0) is 16.1. The number of hydrogen-bond donors (Lipinski definition) is 1. The van der Waals surface area contributed by atoms with E-state index in [1.807, 2.05) is 24.8 Å². The first-order chi connectivity index (χ1) is 11.3. The van der Waals surface area contributed by atoms with E-state index in [0.29, 0.717) is 5.92 Å². The summed E-state index contributed by atoms with van der Waals surface area (Å²) in [6.07, 6.45) is 14.4. The highest BCUT2D eigenvalue weighted by molar-refractivity contribution is 7.98. The zero-order valence-corrected chi connectivity index (χ0v) is 14.8. The minimum Gasteiger partial charge on any atom is -0.325 e. The van der Waals surface area contributed by atoms with Crippen LogP contribution < -0.4 is 5.32 Å². The average Bonchev–Trinajstić information content (AvgIpc) is 2.96. The van der Waals surface area contributed by atoms with Crippen LogP contribution in [-0.2, 0) is 20.1 Å². The summed E-state index contributed by atoms with van der Waals surface area (Å²) in [7, 11) is 2.05. The second kappa shape index (κ2) is 7.93. The Morgan fingerprint density at radius 1 is 1.09 bits per heavy atom. The fourth-order valence-electron chi connectivity index (χ4n) is 3.14. The van der Waals surface area contributed by atoms with Gasteiger partial charge < -0.3 is 9.88 Å². The first kappa shape index (κ1) is 16.5. The molecular formula is C17H25N5S. The summed E-state index contributed by atoms with van der Waals surface area (Å²) in [6.45, 7) is 1.58. The van der Waals surface area contributed by atoms with Crippen molar-refractivity contribution >= 4 is 11.8 Å². The van der Waals surface area contributed by atoms with Crippen molar-refractivity contribution in [3.05, 3.63) is 35.7 Å². The summed E-state index contributed by atoms with van der Waals surface area (Å²) in [5.74, 6) is 1.61. The van der Waals surface area contributed by atoms with Crippen molar-refractivity contribution in [2.75, 3.05) is 6.26 Å². The molecule has 1 aliphatic rings. The molecule has 2 heterocycles. The second-order valence-electron chi connectivity index (χ2n) is 6.18. The van der Waals surface area contributed by atoms with Crippen molar-refractivity contribution in [1.29, 1.82) is 0 Å². The van der Waals surface area contributed by atoms with Crippen LogP contribution in [0.15, 0.2) is 23.7 Å². The normalized spacial score (nSPS) is 15.9. The van der Waals surface area contributed by atoms with Crippen LogP contribution in [0.25, 0.3) is 0 Å². The molecule has 0 amide bonds. The number of thioether (sulfide) groups is 1. The Kier molecular flexibility index (Phi) is 5.67. The summed E-state index contributed by atoms with van der Waals surface area (Å²) in [4.78, 5) is 13.6. The Morgan fingerprint density at radius 2 is 1.83 bits per heavy atom. The lowest BCUT2D eigenvalue weighted by atomic mass is 9.89. The lowest BCUT2D eigenvalue weighted by molar-refractivity contribution is 0.428. The Morgan fingerprint density at radius 3 is 2.48 bits per heavy atom. The van der Waals surface area contributed by atoms with Gasteiger partial charge in [-0.05, 0) is 19.1 Å². The Hall–Kier alpha value is -1.40. The Labute approximate surface area is 142 Å². The summed E-state index contributed by atoms with van der Waals surface area (Å²) in [6, 6.07) is 0. The predicted molar refractivity (Wildman–Crippen MR) is 93.4 cm³/mol. The molecule has 2 aromatic rings. The van der Waals surface area contributed by atoms with E-state index in [4.69, 9.17) is 0 Å². The van der Waals surface area contributed by atoms with Gasteiger partial charge in [0.05, 0.1) is 11.9 Å². The van der Waals surface area contributed by atoms with Gasteiger partial charge in [0.1, 0.15) is 5.82 Å². The van der Waals surface area contributed by atoms with Crippen molar-refractivity contribution in [3.63, 3.8) is 0 Å². The van der Waals surface area contributed by atoms with Crippen LogP contribution in [0.3, 0.4) is 0 Å². The van der Waals surface area contributed by atoms with Crippen molar-refractivity contribution in [2.45, 2.75) is 56.3 Å². The maximum atomic E-state index is 4.59. The Balaban J connectivity index is 1.51. The van der Waals surface area contributed by atoms with Crippen LogP contribution >= 0.6 is 11.8 Å². The molecule has 1 N–H and O–H groups in total. The summed E-state index contributed by atoms with van der Waals surface area (Å²) < 4.78 is 2.13. The van der Waals surface area contributed by atoms with Gasteiger partial charge in [-0.2, -0.15) is 0 Å². The maximum absolute atomic E-state index is 4.59. The quantitative estimate of drug-likeness (QED) is 0.823. The van der Waals surface area contributed by atoms with Gasteiger partial charge in [0.15, 0.2) is 5.16 Å². The summed E-state index contributed by atoms with van der Waals surface area (Å²) >= 11 is 1.67. The molecule has 2 aromatic heterocycles. The third-order valence-electron chi connectivity index (χ3n) is 4.56. The van der Waals surface area contributed by atoms with Crippen LogP contribution in [0.1, 0.15) is 55.1 Å². The molecule has 0 radical (unpaired) electrons. The average molecular weight is 331 g/mol. The molecule has 23 heavy (non-hydrogen) atoms. The lowest BCUT2D eigenvalue weighted by Gasteiger charge is -2.20. The van der Waals surface area contributed by atoms with Gasteiger partial charge in [-0.3, -0.25) is 0 Å². The molecule has 0 unspecified atom stereocenters. The molecule has 0 aromatic carbocycles. The number of rotatable bonds is 6. The molecule has 6 heteroatoms. The van der Waals surface area contributed by atoms with Crippen LogP contribution in [0.2, 0.25) is 0 Å². The number of imidazole rings is 1. The van der Waals surface area contributed by atoms with Crippen LogP contribution in [0.4, 0.5) is 0 Å². The molecule has 0 spiro atoms. The molecule has 3 rings (SSSR count). The van der Waals surface area contributed by atoms with Gasteiger partial charge in [0.2, 0.25) is 0 Å². The third-order valence-corrected chi connectivity index (χ3v) is 5.30. The van der Waals surface area contributed by atoms with Gasteiger partial charge >= 0.3 is 0 Å². The van der Waals surface area contributed by atoms with Crippen LogP contribution in [-0.4, -0.2) is 25.8 Å². The largest absolute Gasteiger partial charge is 0.325 e. The van der Waals surface area contributed by atoms with E-state index in [2.05, 4.69) is 31.9 Å². The standard InChI is InChI=1S/C17H25N5S/c1-22-15(12-21-17(22)23-2)11-18-8-13-9-19-16(20-10-13)14-6-4-3-5-7-14/h9-10,12,14,18H,3-8,11H2,1-2H3. The fourth-order valence-corrected chi connectivity index (χ4v) is 3.69. The molecule has 1 aliphatic carbocycles. The molecule has 0 bridgehead atoms. The zero-order valence-electron chi connectivity index (χ0n) is 14.0. The van der Waals surface area contributed by atoms with Crippen molar-refractivity contribution in [2.24, 2.45) is 7.05 Å². The minimum atomic E-state index is 0.574. The van der Waals surface area contributed by atoms with E-state index in [0.717, 1.165) is 29.6 Å². The molecular weight excluding hydrogens is 306 g/mol. The lowest BCUT2D eigenvalue weighted by Crippen LogP contribution is -2.16. The van der Waals surface area contributed by atoms with Crippen molar-refractivity contribution < 1.29 is 0 Å². The van der Waals surface area contributed by atoms with E-state index < -0.39 is 0 Å². The molecule has 1 fully saturated rings. The first-order valence-corrected chi connectivity index (χ1v) is 9.56. The smallest absolute Gasteiger partial charge is 0.167 e. The topological polar surface area (TPSA) is 55.6 Å². The third kappa shape index (κ3) is 4.12. The second-order valence-corrected chi connectivity index (χ2v) is 6.96. The molecule has 0 aliphatic heterocycles. The summed E-state index contributed by atoms with van der Waals surface area (Å²) in [5, 5.41) is 4.49. The van der Waals surface area contributed by atoms with Crippen LogP contribution in [0.5, 0.6) is 0 Å². The van der Waals surface area contributed by atoms with Gasteiger partial charge in [0.25, 0.3) is 0 Å². The Bertz CT molecular complexity index is 616. The molecule has 0 atom stereocenters. The van der Waals surface area contributed by atoms with E-state index in [-0.39, 0.29) is 0 Å². The monoisotopic (exact) mass is 331 g/mol. The van der Waals surface area contributed by atoms with E-state index in [9.17, 15) is 0 Å². The van der Waals surface area contributed by atoms with Gasteiger partial charge in [-0.15, -0.1) is 0 Å². The number of nitrogens with one attached hydrogen (secondary N) is 1. The van der Waals surface area contributed by atoms with E-state index in [1.54, 1.807) is 11.8 Å². The highest BCUT2D eigenvalue weighted by Crippen LogP contribution is 2.30. The van der Waals surface area contributed by atoms with Crippen molar-refractivity contribution in [3.8, 4) is 0 Å². The highest BCUT2D eigenvalue weighted by atomic mass is 32.2.